The van der Waals surface area contributed by atoms with E-state index in [9.17, 15) is 28.8 Å². The number of carbonyl (C=O) groups is 5. The number of ketones is 1. The van der Waals surface area contributed by atoms with Crippen molar-refractivity contribution in [3.05, 3.63) is 83.9 Å². The van der Waals surface area contributed by atoms with Gasteiger partial charge in [0.1, 0.15) is 18.1 Å². The molecule has 2 heterocycles. The molecule has 0 spiro atoms. The van der Waals surface area contributed by atoms with E-state index in [0.717, 1.165) is 12.8 Å². The van der Waals surface area contributed by atoms with Crippen LogP contribution in [-0.4, -0.2) is 76.3 Å². The number of Topliss-reactive ketones (excluding diaryl/α,β-unsaturated/α-hetero) is 1. The van der Waals surface area contributed by atoms with E-state index < -0.39 is 70.5 Å². The van der Waals surface area contributed by atoms with Gasteiger partial charge in [-0.1, -0.05) is 83.6 Å². The molecular weight excluding hydrogens is 636 g/mol. The van der Waals surface area contributed by atoms with Crippen molar-refractivity contribution in [3.8, 4) is 0 Å². The maximum atomic E-state index is 14.3. The maximum Gasteiger partial charge on any atom is 0.315 e. The van der Waals surface area contributed by atoms with Crippen LogP contribution in [0.15, 0.2) is 78.3 Å². The lowest BCUT2D eigenvalue weighted by molar-refractivity contribution is -0.143. The normalized spacial score (nSPS) is 19.2. The quantitative estimate of drug-likeness (QED) is 0.163. The fourth-order valence-corrected chi connectivity index (χ4v) is 5.69. The molecule has 1 aliphatic carbocycles. The van der Waals surface area contributed by atoms with Crippen LogP contribution < -0.4 is 26.8 Å². The number of allylic oxidation sites excluding steroid dienone is 3. The summed E-state index contributed by atoms with van der Waals surface area (Å²) in [5.74, 6) is -3.23. The van der Waals surface area contributed by atoms with Crippen molar-refractivity contribution in [1.29, 1.82) is 0 Å². The van der Waals surface area contributed by atoms with Crippen molar-refractivity contribution < 1.29 is 24.0 Å². The number of nitrogens with zero attached hydrogens (tertiary/aromatic N) is 2. The number of amides is 5. The van der Waals surface area contributed by atoms with Crippen molar-refractivity contribution >= 4 is 29.5 Å². The molecule has 12 heteroatoms. The van der Waals surface area contributed by atoms with Crippen molar-refractivity contribution in [1.82, 2.24) is 30.7 Å². The molecule has 4 N–H and O–H groups in total. The first kappa shape index (κ1) is 39.7. The zero-order valence-corrected chi connectivity index (χ0v) is 30.3. The summed E-state index contributed by atoms with van der Waals surface area (Å²) in [6.07, 6.45) is 13.1. The molecule has 5 amide bonds. The second-order valence-corrected chi connectivity index (χ2v) is 15.1. The van der Waals surface area contributed by atoms with E-state index in [2.05, 4.69) is 34.4 Å². The molecule has 5 atom stereocenters. The van der Waals surface area contributed by atoms with E-state index in [1.807, 2.05) is 47.6 Å². The number of pyridine rings is 1. The summed E-state index contributed by atoms with van der Waals surface area (Å²) >= 11 is 0. The zero-order chi connectivity index (χ0) is 37.2. The minimum Gasteiger partial charge on any atom is -0.346 e. The third kappa shape index (κ3) is 11.1. The van der Waals surface area contributed by atoms with E-state index in [1.165, 1.54) is 33.3 Å². The molecule has 0 radical (unpaired) electrons. The predicted molar refractivity (Wildman–Crippen MR) is 194 cm³/mol. The Morgan fingerprint density at radius 3 is 2.26 bits per heavy atom. The summed E-state index contributed by atoms with van der Waals surface area (Å²) in [6.45, 7) is 19.2. The molecule has 1 aromatic heterocycles. The summed E-state index contributed by atoms with van der Waals surface area (Å²) in [7, 11) is 0. The van der Waals surface area contributed by atoms with Crippen LogP contribution in [0, 0.1) is 16.7 Å². The molecule has 1 unspecified atom stereocenters. The number of rotatable bonds is 15. The first-order valence-electron chi connectivity index (χ1n) is 17.2. The van der Waals surface area contributed by atoms with Gasteiger partial charge in [-0.3, -0.25) is 24.0 Å². The molecule has 1 saturated heterocycles. The fraction of sp³-hybridized carbons (Fsp3) is 0.526. The molecule has 1 saturated carbocycles. The van der Waals surface area contributed by atoms with Gasteiger partial charge in [0.15, 0.2) is 0 Å². The number of likely N-dealkylation sites (tertiary alicyclic amines) is 1. The Kier molecular flexibility index (Phi) is 13.7. The first-order valence-corrected chi connectivity index (χ1v) is 17.2. The molecule has 1 aliphatic heterocycles. The SMILES string of the molecule is C=CCNC(=O)C(=O)C(/C=C/CC=C1CC1)NC(=O)[C@@H]1[C@@H](C=C)CCN1C(=O)[C@@H](NC(=O)N[C@H](Cn1ccccc1=O)C(C)(C)C)C(C)(C)C. The maximum absolute atomic E-state index is 14.3. The third-order valence-corrected chi connectivity index (χ3v) is 8.94. The molecule has 2 aliphatic rings. The van der Waals surface area contributed by atoms with E-state index >= 15 is 0 Å². The van der Waals surface area contributed by atoms with Crippen LogP contribution in [0.5, 0.6) is 0 Å². The smallest absolute Gasteiger partial charge is 0.315 e. The first-order chi connectivity index (χ1) is 23.5. The molecule has 0 bridgehead atoms. The van der Waals surface area contributed by atoms with Gasteiger partial charge in [0, 0.05) is 37.8 Å². The summed E-state index contributed by atoms with van der Waals surface area (Å²) in [4.78, 5) is 81.4. The standard InChI is InChI=1S/C38H54N6O6/c1-9-21-39-34(48)31(46)27(16-12-11-15-25-18-19-25)40-33(47)30-26(10-2)20-23-44(30)35(49)32(38(6,7)8)42-36(50)41-28(37(3,4)5)24-43-22-14-13-17-29(43)45/h9-10,12-17,22,26-28,30,32H,1-2,11,18-21,23-24H2,3-8H3,(H,39,48)(H,40,47)(H2,41,42,50)/b16-12+/t26-,27?,28+,30-,32+/m0/s1. The minimum atomic E-state index is -1.26. The highest BCUT2D eigenvalue weighted by atomic mass is 16.2. The van der Waals surface area contributed by atoms with Crippen LogP contribution in [0.1, 0.15) is 67.2 Å². The van der Waals surface area contributed by atoms with Crippen LogP contribution in [0.25, 0.3) is 0 Å². The Labute approximate surface area is 295 Å². The molecule has 0 aromatic carbocycles. The van der Waals surface area contributed by atoms with E-state index in [0.29, 0.717) is 12.8 Å². The van der Waals surface area contributed by atoms with Crippen molar-refractivity contribution in [2.75, 3.05) is 13.1 Å². The largest absolute Gasteiger partial charge is 0.346 e. The van der Waals surface area contributed by atoms with E-state index in [1.54, 1.807) is 30.5 Å². The Balaban J connectivity index is 1.83. The fourth-order valence-electron chi connectivity index (χ4n) is 5.69. The number of nitrogens with one attached hydrogen (secondary N) is 4. The topological polar surface area (TPSA) is 159 Å². The summed E-state index contributed by atoms with van der Waals surface area (Å²) in [6, 6.07) is 0.443. The highest BCUT2D eigenvalue weighted by molar-refractivity contribution is 6.39. The van der Waals surface area contributed by atoms with Crippen LogP contribution in [0.4, 0.5) is 4.79 Å². The van der Waals surface area contributed by atoms with Gasteiger partial charge < -0.3 is 30.7 Å². The van der Waals surface area contributed by atoms with Crippen molar-refractivity contribution in [2.45, 2.75) is 97.9 Å². The molecule has 50 heavy (non-hydrogen) atoms. The monoisotopic (exact) mass is 690 g/mol. The second kappa shape index (κ2) is 17.3. The lowest BCUT2D eigenvalue weighted by atomic mass is 9.85. The van der Waals surface area contributed by atoms with Gasteiger partial charge in [0.25, 0.3) is 11.5 Å². The van der Waals surface area contributed by atoms with Gasteiger partial charge in [-0.2, -0.15) is 0 Å². The van der Waals surface area contributed by atoms with Crippen molar-refractivity contribution in [2.24, 2.45) is 16.7 Å². The lowest BCUT2D eigenvalue weighted by Crippen LogP contribution is -2.61. The highest BCUT2D eigenvalue weighted by Crippen LogP contribution is 2.30. The van der Waals surface area contributed by atoms with Crippen LogP contribution in [0.2, 0.25) is 0 Å². The number of aromatic nitrogens is 1. The van der Waals surface area contributed by atoms with Gasteiger partial charge in [0.05, 0.1) is 6.04 Å². The van der Waals surface area contributed by atoms with Gasteiger partial charge in [0.2, 0.25) is 17.6 Å². The third-order valence-electron chi connectivity index (χ3n) is 8.94. The Bertz CT molecular complexity index is 1560. The van der Waals surface area contributed by atoms with Gasteiger partial charge in [-0.05, 0) is 42.6 Å². The summed E-state index contributed by atoms with van der Waals surface area (Å²) in [5, 5.41) is 11.0. The highest BCUT2D eigenvalue weighted by Gasteiger charge is 2.46. The van der Waals surface area contributed by atoms with Gasteiger partial charge in [-0.25, -0.2) is 4.79 Å². The lowest BCUT2D eigenvalue weighted by Gasteiger charge is -2.37. The number of urea groups is 1. The van der Waals surface area contributed by atoms with Gasteiger partial charge in [-0.15, -0.1) is 13.2 Å². The molecule has 2 fully saturated rings. The average molecular weight is 691 g/mol. The van der Waals surface area contributed by atoms with Crippen LogP contribution in [0.3, 0.4) is 0 Å². The Hall–Kier alpha value is -4.74. The molecule has 1 aromatic rings. The van der Waals surface area contributed by atoms with Crippen molar-refractivity contribution in [3.63, 3.8) is 0 Å². The zero-order valence-electron chi connectivity index (χ0n) is 30.3. The summed E-state index contributed by atoms with van der Waals surface area (Å²) in [5.41, 5.74) is -0.0940. The molecule has 3 rings (SSSR count). The minimum absolute atomic E-state index is 0.0839. The van der Waals surface area contributed by atoms with E-state index in [4.69, 9.17) is 0 Å². The summed E-state index contributed by atoms with van der Waals surface area (Å²) < 4.78 is 1.52. The molecular formula is C38H54N6O6. The number of hydrogen-bond donors (Lipinski definition) is 4. The van der Waals surface area contributed by atoms with E-state index in [-0.39, 0.29) is 25.2 Å². The second-order valence-electron chi connectivity index (χ2n) is 15.1. The molecule has 272 valence electrons. The average Bonchev–Trinajstić information content (AvgIpc) is 3.77. The van der Waals surface area contributed by atoms with Crippen LogP contribution >= 0.6 is 0 Å². The Morgan fingerprint density at radius 1 is 0.980 bits per heavy atom. The predicted octanol–water partition coefficient (Wildman–Crippen LogP) is 3.40. The Morgan fingerprint density at radius 2 is 1.68 bits per heavy atom. The number of carbonyl (C=O) groups excluding carboxylic acids is 5. The molecule has 12 nitrogen and oxygen atoms in total. The van der Waals surface area contributed by atoms with Crippen LogP contribution in [-0.2, 0) is 25.7 Å². The van der Waals surface area contributed by atoms with Gasteiger partial charge >= 0.3 is 6.03 Å². The number of hydrogen-bond acceptors (Lipinski definition) is 6.